The van der Waals surface area contributed by atoms with Gasteiger partial charge in [-0.1, -0.05) is 0 Å². The molecule has 2 heterocycles. The molecule has 2 fully saturated rings. The Bertz CT molecular complexity index is 329. The van der Waals surface area contributed by atoms with E-state index in [0.29, 0.717) is 26.2 Å². The first-order chi connectivity index (χ1) is 9.24. The second-order valence-electron chi connectivity index (χ2n) is 5.00. The van der Waals surface area contributed by atoms with Gasteiger partial charge in [-0.3, -0.25) is 9.69 Å². The summed E-state index contributed by atoms with van der Waals surface area (Å²) in [5.41, 5.74) is 0. The van der Waals surface area contributed by atoms with E-state index in [1.54, 1.807) is 11.8 Å². The van der Waals surface area contributed by atoms with Crippen LogP contribution in [0.2, 0.25) is 0 Å². The molecule has 2 aliphatic rings. The Morgan fingerprint density at radius 2 is 1.95 bits per heavy atom. The monoisotopic (exact) mass is 269 g/mol. The highest BCUT2D eigenvalue weighted by Crippen LogP contribution is 2.14. The normalized spacial score (nSPS) is 24.2. The molecule has 1 atom stereocenters. The molecular weight excluding hydrogens is 246 g/mol. The summed E-state index contributed by atoms with van der Waals surface area (Å²) in [7, 11) is 0. The number of nitrogens with one attached hydrogen (secondary N) is 1. The predicted molar refractivity (Wildman–Crippen MR) is 70.8 cm³/mol. The summed E-state index contributed by atoms with van der Waals surface area (Å²) in [6.45, 7) is 5.51. The summed E-state index contributed by atoms with van der Waals surface area (Å²) < 4.78 is 5.04. The molecule has 6 heteroatoms. The third kappa shape index (κ3) is 3.37. The van der Waals surface area contributed by atoms with Crippen molar-refractivity contribution in [2.24, 2.45) is 0 Å². The zero-order valence-corrected chi connectivity index (χ0v) is 11.6. The fourth-order valence-electron chi connectivity index (χ4n) is 2.67. The molecule has 0 radical (unpaired) electrons. The van der Waals surface area contributed by atoms with Crippen molar-refractivity contribution in [1.29, 1.82) is 0 Å². The van der Waals surface area contributed by atoms with Crippen LogP contribution >= 0.6 is 0 Å². The first-order valence-corrected chi connectivity index (χ1v) is 7.17. The van der Waals surface area contributed by atoms with E-state index in [4.69, 9.17) is 4.74 Å². The van der Waals surface area contributed by atoms with Crippen LogP contribution in [0.3, 0.4) is 0 Å². The molecule has 0 aliphatic carbocycles. The maximum atomic E-state index is 12.5. The lowest BCUT2D eigenvalue weighted by atomic mass is 10.1. The number of nitrogens with zero attached hydrogens (tertiary/aromatic N) is 2. The van der Waals surface area contributed by atoms with E-state index in [1.807, 2.05) is 4.90 Å². The third-order valence-electron chi connectivity index (χ3n) is 3.70. The van der Waals surface area contributed by atoms with E-state index in [2.05, 4.69) is 5.32 Å². The van der Waals surface area contributed by atoms with Crippen LogP contribution in [0.1, 0.15) is 26.2 Å². The Hall–Kier alpha value is -1.30. The van der Waals surface area contributed by atoms with E-state index >= 15 is 0 Å². The van der Waals surface area contributed by atoms with Crippen molar-refractivity contribution in [2.75, 3.05) is 39.3 Å². The van der Waals surface area contributed by atoms with Crippen molar-refractivity contribution in [3.8, 4) is 0 Å². The lowest BCUT2D eigenvalue weighted by Crippen LogP contribution is -2.60. The summed E-state index contributed by atoms with van der Waals surface area (Å²) in [6.07, 6.45) is 2.93. The number of carbonyl (C=O) groups is 2. The average molecular weight is 269 g/mol. The maximum Gasteiger partial charge on any atom is 0.410 e. The van der Waals surface area contributed by atoms with E-state index in [-0.39, 0.29) is 12.0 Å². The fourth-order valence-corrected chi connectivity index (χ4v) is 2.67. The van der Waals surface area contributed by atoms with Gasteiger partial charge in [0.05, 0.1) is 6.61 Å². The van der Waals surface area contributed by atoms with Crippen molar-refractivity contribution < 1.29 is 14.3 Å². The first-order valence-electron chi connectivity index (χ1n) is 7.17. The maximum absolute atomic E-state index is 12.5. The number of rotatable bonds is 2. The van der Waals surface area contributed by atoms with Crippen LogP contribution in [0.15, 0.2) is 0 Å². The minimum absolute atomic E-state index is 0.0555. The second-order valence-corrected chi connectivity index (χ2v) is 5.00. The topological polar surface area (TPSA) is 61.9 Å². The third-order valence-corrected chi connectivity index (χ3v) is 3.70. The molecule has 2 rings (SSSR count). The summed E-state index contributed by atoms with van der Waals surface area (Å²) >= 11 is 0. The van der Waals surface area contributed by atoms with E-state index < -0.39 is 6.04 Å². The van der Waals surface area contributed by atoms with Crippen molar-refractivity contribution >= 4 is 12.0 Å². The Labute approximate surface area is 114 Å². The molecule has 0 aromatic heterocycles. The lowest BCUT2D eigenvalue weighted by molar-refractivity contribution is -0.138. The minimum Gasteiger partial charge on any atom is -0.450 e. The van der Waals surface area contributed by atoms with Gasteiger partial charge in [0.25, 0.3) is 0 Å². The van der Waals surface area contributed by atoms with Crippen molar-refractivity contribution in [1.82, 2.24) is 15.1 Å². The molecule has 0 aromatic carbocycles. The summed E-state index contributed by atoms with van der Waals surface area (Å²) in [5.74, 6) is 0.0555. The number of likely N-dealkylation sites (tertiary alicyclic amines) is 1. The zero-order chi connectivity index (χ0) is 13.7. The lowest BCUT2D eigenvalue weighted by Gasteiger charge is -2.38. The Kier molecular flexibility index (Phi) is 5.01. The smallest absolute Gasteiger partial charge is 0.410 e. The predicted octanol–water partition coefficient (Wildman–Crippen LogP) is 0.429. The van der Waals surface area contributed by atoms with Gasteiger partial charge in [-0.05, 0) is 26.2 Å². The number of amides is 2. The van der Waals surface area contributed by atoms with Gasteiger partial charge in [0.2, 0.25) is 5.91 Å². The molecule has 2 saturated heterocycles. The van der Waals surface area contributed by atoms with E-state index in [9.17, 15) is 9.59 Å². The highest BCUT2D eigenvalue weighted by atomic mass is 16.6. The van der Waals surface area contributed by atoms with Crippen LogP contribution in [0.5, 0.6) is 0 Å². The average Bonchev–Trinajstić information content (AvgIpc) is 2.47. The van der Waals surface area contributed by atoms with Gasteiger partial charge in [0.15, 0.2) is 0 Å². The van der Waals surface area contributed by atoms with Crippen LogP contribution in [-0.2, 0) is 9.53 Å². The van der Waals surface area contributed by atoms with Gasteiger partial charge < -0.3 is 15.0 Å². The second kappa shape index (κ2) is 6.75. The number of piperidine rings is 1. The minimum atomic E-state index is -0.411. The Morgan fingerprint density at radius 1 is 1.21 bits per heavy atom. The molecule has 0 bridgehead atoms. The quantitative estimate of drug-likeness (QED) is 0.789. The molecule has 1 N–H and O–H groups in total. The van der Waals surface area contributed by atoms with Crippen LogP contribution in [0.25, 0.3) is 0 Å². The van der Waals surface area contributed by atoms with Gasteiger partial charge in [-0.15, -0.1) is 0 Å². The fraction of sp³-hybridized carbons (Fsp3) is 0.846. The van der Waals surface area contributed by atoms with Gasteiger partial charge in [-0.25, -0.2) is 4.79 Å². The highest BCUT2D eigenvalue weighted by Gasteiger charge is 2.35. The molecule has 6 nitrogen and oxygen atoms in total. The van der Waals surface area contributed by atoms with Gasteiger partial charge in [-0.2, -0.15) is 0 Å². The first kappa shape index (κ1) is 14.1. The van der Waals surface area contributed by atoms with Crippen molar-refractivity contribution in [3.05, 3.63) is 0 Å². The van der Waals surface area contributed by atoms with Crippen LogP contribution in [0, 0.1) is 0 Å². The summed E-state index contributed by atoms with van der Waals surface area (Å²) in [5, 5.41) is 3.18. The van der Waals surface area contributed by atoms with Crippen molar-refractivity contribution in [3.63, 3.8) is 0 Å². The van der Waals surface area contributed by atoms with Crippen molar-refractivity contribution in [2.45, 2.75) is 32.2 Å². The number of hydrogen-bond acceptors (Lipinski definition) is 4. The largest absolute Gasteiger partial charge is 0.450 e. The van der Waals surface area contributed by atoms with E-state index in [0.717, 1.165) is 25.9 Å². The molecule has 108 valence electrons. The molecule has 0 saturated carbocycles. The SMILES string of the molecule is CCOC(=O)N1CCNC[C@@H]1C(=O)N1CCCCC1. The summed E-state index contributed by atoms with van der Waals surface area (Å²) in [6, 6.07) is -0.411. The number of carbonyl (C=O) groups excluding carboxylic acids is 2. The molecule has 0 unspecified atom stereocenters. The van der Waals surface area contributed by atoms with Gasteiger partial charge in [0, 0.05) is 32.7 Å². The molecule has 19 heavy (non-hydrogen) atoms. The number of piperazine rings is 1. The molecule has 0 aromatic rings. The van der Waals surface area contributed by atoms with Gasteiger partial charge >= 0.3 is 6.09 Å². The van der Waals surface area contributed by atoms with E-state index in [1.165, 1.54) is 6.42 Å². The molecular formula is C13H23N3O3. The highest BCUT2D eigenvalue weighted by molar-refractivity contribution is 5.86. The van der Waals surface area contributed by atoms with Gasteiger partial charge in [0.1, 0.15) is 6.04 Å². The van der Waals surface area contributed by atoms with Crippen LogP contribution in [-0.4, -0.2) is 67.2 Å². The Balaban J connectivity index is 2.01. The Morgan fingerprint density at radius 3 is 2.63 bits per heavy atom. The zero-order valence-electron chi connectivity index (χ0n) is 11.6. The van der Waals surface area contributed by atoms with Crippen LogP contribution in [0.4, 0.5) is 4.79 Å². The molecule has 0 spiro atoms. The summed E-state index contributed by atoms with van der Waals surface area (Å²) in [4.78, 5) is 27.9. The van der Waals surface area contributed by atoms with Crippen LogP contribution < -0.4 is 5.32 Å². The standard InChI is InChI=1S/C13H23N3O3/c1-2-19-13(18)16-9-6-14-10-11(16)12(17)15-7-4-3-5-8-15/h11,14H,2-10H2,1H3/t11-/m1/s1. The number of ether oxygens (including phenoxy) is 1. The molecule has 2 aliphatic heterocycles. The molecule has 2 amide bonds. The number of hydrogen-bond donors (Lipinski definition) is 1.